The molecular formula is C15H10N2O2S. The number of benzene rings is 2. The van der Waals surface area contributed by atoms with E-state index in [9.17, 15) is 8.42 Å². The number of nitriles is 1. The number of rotatable bonds is 2. The third-order valence-electron chi connectivity index (χ3n) is 3.10. The molecule has 0 saturated carbocycles. The zero-order valence-corrected chi connectivity index (χ0v) is 11.2. The summed E-state index contributed by atoms with van der Waals surface area (Å²) in [7, 11) is -3.69. The van der Waals surface area contributed by atoms with Crippen LogP contribution in [0.2, 0.25) is 0 Å². The number of hydrogen-bond acceptors (Lipinski definition) is 3. The van der Waals surface area contributed by atoms with Crippen LogP contribution >= 0.6 is 0 Å². The molecule has 5 heteroatoms. The van der Waals surface area contributed by atoms with Crippen molar-refractivity contribution < 1.29 is 8.42 Å². The fourth-order valence-corrected chi connectivity index (χ4v) is 3.53. The molecule has 2 aromatic carbocycles. The maximum Gasteiger partial charge on any atom is 0.268 e. The van der Waals surface area contributed by atoms with Gasteiger partial charge < -0.3 is 0 Å². The van der Waals surface area contributed by atoms with Crippen molar-refractivity contribution in [1.82, 2.24) is 3.97 Å². The van der Waals surface area contributed by atoms with E-state index in [1.807, 2.05) is 6.07 Å². The predicted molar refractivity (Wildman–Crippen MR) is 75.7 cm³/mol. The Morgan fingerprint density at radius 3 is 2.30 bits per heavy atom. The topological polar surface area (TPSA) is 62.9 Å². The molecular weight excluding hydrogens is 272 g/mol. The van der Waals surface area contributed by atoms with E-state index < -0.39 is 10.0 Å². The SMILES string of the molecule is N#Cc1cn(S(=O)(=O)c2ccccc2)c2ccccc12. The van der Waals surface area contributed by atoms with Crippen molar-refractivity contribution in [2.45, 2.75) is 4.90 Å². The largest absolute Gasteiger partial charge is 0.268 e. The molecule has 20 heavy (non-hydrogen) atoms. The summed E-state index contributed by atoms with van der Waals surface area (Å²) in [6.07, 6.45) is 1.37. The van der Waals surface area contributed by atoms with Gasteiger partial charge in [0.05, 0.1) is 16.0 Å². The van der Waals surface area contributed by atoms with Gasteiger partial charge in [-0.15, -0.1) is 0 Å². The minimum atomic E-state index is -3.69. The quantitative estimate of drug-likeness (QED) is 0.726. The summed E-state index contributed by atoms with van der Waals surface area (Å²) in [5, 5.41) is 9.76. The molecule has 0 fully saturated rings. The highest BCUT2D eigenvalue weighted by molar-refractivity contribution is 7.90. The van der Waals surface area contributed by atoms with Crippen molar-refractivity contribution in [2.24, 2.45) is 0 Å². The van der Waals surface area contributed by atoms with Crippen molar-refractivity contribution in [1.29, 1.82) is 5.26 Å². The van der Waals surface area contributed by atoms with Gasteiger partial charge in [-0.2, -0.15) is 5.26 Å². The molecule has 1 aromatic heterocycles. The molecule has 0 unspecified atom stereocenters. The molecule has 3 aromatic rings. The second-order valence-corrected chi connectivity index (χ2v) is 6.10. The Bertz CT molecular complexity index is 919. The van der Waals surface area contributed by atoms with Crippen LogP contribution in [0.15, 0.2) is 65.7 Å². The van der Waals surface area contributed by atoms with Crippen molar-refractivity contribution >= 4 is 20.9 Å². The molecule has 98 valence electrons. The first-order valence-electron chi connectivity index (χ1n) is 5.95. The molecule has 0 N–H and O–H groups in total. The third kappa shape index (κ3) is 1.78. The van der Waals surface area contributed by atoms with E-state index in [0.717, 1.165) is 3.97 Å². The molecule has 0 saturated heterocycles. The van der Waals surface area contributed by atoms with Crippen LogP contribution in [0.1, 0.15) is 5.56 Å². The highest BCUT2D eigenvalue weighted by Crippen LogP contribution is 2.25. The van der Waals surface area contributed by atoms with Gasteiger partial charge in [0.25, 0.3) is 10.0 Å². The molecule has 0 atom stereocenters. The van der Waals surface area contributed by atoms with Gasteiger partial charge in [0.2, 0.25) is 0 Å². The highest BCUT2D eigenvalue weighted by Gasteiger charge is 2.20. The van der Waals surface area contributed by atoms with Gasteiger partial charge in [0, 0.05) is 11.6 Å². The first-order chi connectivity index (χ1) is 9.64. The average molecular weight is 282 g/mol. The number of hydrogen-bond donors (Lipinski definition) is 0. The Labute approximate surface area is 116 Å². The van der Waals surface area contributed by atoms with E-state index >= 15 is 0 Å². The fourth-order valence-electron chi connectivity index (χ4n) is 2.14. The average Bonchev–Trinajstić information content (AvgIpc) is 2.88. The minimum Gasteiger partial charge on any atom is -0.240 e. The molecule has 0 aliphatic heterocycles. The van der Waals surface area contributed by atoms with E-state index in [4.69, 9.17) is 5.26 Å². The Morgan fingerprint density at radius 2 is 1.60 bits per heavy atom. The molecule has 0 aliphatic carbocycles. The van der Waals surface area contributed by atoms with Crippen LogP contribution in [0.4, 0.5) is 0 Å². The van der Waals surface area contributed by atoms with Crippen LogP contribution in [-0.4, -0.2) is 12.4 Å². The fraction of sp³-hybridized carbons (Fsp3) is 0. The Balaban J connectivity index is 2.34. The summed E-state index contributed by atoms with van der Waals surface area (Å²) < 4.78 is 26.4. The van der Waals surface area contributed by atoms with E-state index in [1.165, 1.54) is 18.3 Å². The van der Waals surface area contributed by atoms with Gasteiger partial charge in [-0.05, 0) is 18.2 Å². The predicted octanol–water partition coefficient (Wildman–Crippen LogP) is 2.75. The Hall–Kier alpha value is -2.58. The molecule has 0 radical (unpaired) electrons. The van der Waals surface area contributed by atoms with Crippen LogP contribution in [0.25, 0.3) is 10.9 Å². The lowest BCUT2D eigenvalue weighted by Crippen LogP contribution is -2.11. The lowest BCUT2D eigenvalue weighted by molar-refractivity contribution is 0.589. The lowest BCUT2D eigenvalue weighted by Gasteiger charge is -2.06. The van der Waals surface area contributed by atoms with E-state index in [-0.39, 0.29) is 4.90 Å². The number of nitrogens with zero attached hydrogens (tertiary/aromatic N) is 2. The number of fused-ring (bicyclic) bond motifs is 1. The summed E-state index contributed by atoms with van der Waals surface area (Å²) in [5.74, 6) is 0. The van der Waals surface area contributed by atoms with E-state index in [2.05, 4.69) is 0 Å². The standard InChI is InChI=1S/C15H10N2O2S/c16-10-12-11-17(15-9-5-4-8-14(12)15)20(18,19)13-6-2-1-3-7-13/h1-9,11H. The van der Waals surface area contributed by atoms with Crippen LogP contribution < -0.4 is 0 Å². The second-order valence-electron chi connectivity index (χ2n) is 4.29. The first kappa shape index (κ1) is 12.5. The van der Waals surface area contributed by atoms with Gasteiger partial charge in [-0.1, -0.05) is 36.4 Å². The van der Waals surface area contributed by atoms with Gasteiger partial charge in [-0.25, -0.2) is 12.4 Å². The number of para-hydroxylation sites is 1. The van der Waals surface area contributed by atoms with Crippen LogP contribution in [0.3, 0.4) is 0 Å². The van der Waals surface area contributed by atoms with Gasteiger partial charge in [-0.3, -0.25) is 0 Å². The second kappa shape index (κ2) is 4.51. The molecule has 0 bridgehead atoms. The maximum absolute atomic E-state index is 12.6. The van der Waals surface area contributed by atoms with Crippen molar-refractivity contribution in [3.63, 3.8) is 0 Å². The third-order valence-corrected chi connectivity index (χ3v) is 4.79. The minimum absolute atomic E-state index is 0.199. The zero-order chi connectivity index (χ0) is 14.2. The molecule has 4 nitrogen and oxygen atoms in total. The molecule has 0 spiro atoms. The van der Waals surface area contributed by atoms with E-state index in [0.29, 0.717) is 16.5 Å². The van der Waals surface area contributed by atoms with Gasteiger partial charge in [0.15, 0.2) is 0 Å². The summed E-state index contributed by atoms with van der Waals surface area (Å²) in [5.41, 5.74) is 0.855. The molecule has 1 heterocycles. The molecule has 0 aliphatic rings. The molecule has 3 rings (SSSR count). The van der Waals surface area contributed by atoms with Gasteiger partial charge in [0.1, 0.15) is 6.07 Å². The van der Waals surface area contributed by atoms with Crippen LogP contribution in [0, 0.1) is 11.3 Å². The van der Waals surface area contributed by atoms with Crippen molar-refractivity contribution in [3.8, 4) is 6.07 Å². The summed E-state index contributed by atoms with van der Waals surface area (Å²) in [4.78, 5) is 0.199. The maximum atomic E-state index is 12.6. The van der Waals surface area contributed by atoms with E-state index in [1.54, 1.807) is 42.5 Å². The summed E-state index contributed by atoms with van der Waals surface area (Å²) in [6, 6.07) is 17.2. The van der Waals surface area contributed by atoms with Gasteiger partial charge >= 0.3 is 0 Å². The smallest absolute Gasteiger partial charge is 0.240 e. The summed E-state index contributed by atoms with van der Waals surface area (Å²) in [6.45, 7) is 0. The highest BCUT2D eigenvalue weighted by atomic mass is 32.2. The van der Waals surface area contributed by atoms with Crippen molar-refractivity contribution in [2.75, 3.05) is 0 Å². The normalized spacial score (nSPS) is 11.3. The lowest BCUT2D eigenvalue weighted by atomic mass is 10.2. The molecule has 0 amide bonds. The first-order valence-corrected chi connectivity index (χ1v) is 7.39. The van der Waals surface area contributed by atoms with Crippen molar-refractivity contribution in [3.05, 3.63) is 66.4 Å². The monoisotopic (exact) mass is 282 g/mol. The Kier molecular flexibility index (Phi) is 2.81. The summed E-state index contributed by atoms with van der Waals surface area (Å²) >= 11 is 0. The Morgan fingerprint density at radius 1 is 0.950 bits per heavy atom. The van der Waals surface area contributed by atoms with Crippen LogP contribution in [0.5, 0.6) is 0 Å². The van der Waals surface area contributed by atoms with Crippen LogP contribution in [-0.2, 0) is 10.0 Å². The number of aromatic nitrogens is 1. The zero-order valence-electron chi connectivity index (χ0n) is 10.4.